The van der Waals surface area contributed by atoms with Crippen LogP contribution in [0.15, 0.2) is 0 Å². The molecule has 1 heterocycles. The fourth-order valence-electron chi connectivity index (χ4n) is 3.74. The Morgan fingerprint density at radius 1 is 1.39 bits per heavy atom. The standard InChI is InChI=1S/C17H30N4O2/c1-3-15-12-20(8-9-21(15)10-11-23-2)13-16(22)19-17(14-18)6-4-5-7-17/h15H,3-13H2,1-2H3,(H,19,22)/t15-/m1/s1. The van der Waals surface area contributed by atoms with E-state index in [1.807, 2.05) is 0 Å². The summed E-state index contributed by atoms with van der Waals surface area (Å²) in [6, 6.07) is 2.80. The molecule has 1 N–H and O–H groups in total. The van der Waals surface area contributed by atoms with Gasteiger partial charge in [0.15, 0.2) is 0 Å². The molecule has 130 valence electrons. The number of piperazine rings is 1. The Morgan fingerprint density at radius 3 is 2.74 bits per heavy atom. The van der Waals surface area contributed by atoms with E-state index in [1.54, 1.807) is 7.11 Å². The third-order valence-corrected chi connectivity index (χ3v) is 5.16. The van der Waals surface area contributed by atoms with Crippen LogP contribution in [0.3, 0.4) is 0 Å². The van der Waals surface area contributed by atoms with Crippen LogP contribution in [0.2, 0.25) is 0 Å². The number of hydrogen-bond acceptors (Lipinski definition) is 5. The normalized spacial score (nSPS) is 25.2. The lowest BCUT2D eigenvalue weighted by Crippen LogP contribution is -2.56. The van der Waals surface area contributed by atoms with Gasteiger partial charge < -0.3 is 10.1 Å². The minimum absolute atomic E-state index is 0.00588. The van der Waals surface area contributed by atoms with E-state index in [2.05, 4.69) is 28.1 Å². The van der Waals surface area contributed by atoms with Gasteiger partial charge in [0.1, 0.15) is 5.54 Å². The van der Waals surface area contributed by atoms with Crippen LogP contribution >= 0.6 is 0 Å². The molecule has 0 aromatic heterocycles. The van der Waals surface area contributed by atoms with Crippen LogP contribution in [-0.4, -0.2) is 73.7 Å². The Morgan fingerprint density at radius 2 is 2.13 bits per heavy atom. The highest BCUT2D eigenvalue weighted by Gasteiger charge is 2.36. The molecule has 0 unspecified atom stereocenters. The van der Waals surface area contributed by atoms with Crippen molar-refractivity contribution in [3.8, 4) is 6.07 Å². The number of nitrogens with zero attached hydrogens (tertiary/aromatic N) is 3. The Labute approximate surface area is 139 Å². The van der Waals surface area contributed by atoms with Crippen molar-refractivity contribution in [2.75, 3.05) is 46.4 Å². The second kappa shape index (κ2) is 8.62. The summed E-state index contributed by atoms with van der Waals surface area (Å²) in [5.41, 5.74) is -0.610. The summed E-state index contributed by atoms with van der Waals surface area (Å²) in [5, 5.41) is 12.4. The summed E-state index contributed by atoms with van der Waals surface area (Å²) in [6.45, 7) is 7.07. The number of methoxy groups -OCH3 is 1. The van der Waals surface area contributed by atoms with Crippen molar-refractivity contribution in [3.63, 3.8) is 0 Å². The van der Waals surface area contributed by atoms with Gasteiger partial charge in [-0.05, 0) is 32.1 Å². The fraction of sp³-hybridized carbons (Fsp3) is 0.882. The van der Waals surface area contributed by atoms with Crippen molar-refractivity contribution >= 4 is 5.91 Å². The highest BCUT2D eigenvalue weighted by atomic mass is 16.5. The van der Waals surface area contributed by atoms with Crippen LogP contribution in [0, 0.1) is 11.3 Å². The van der Waals surface area contributed by atoms with E-state index < -0.39 is 5.54 Å². The third-order valence-electron chi connectivity index (χ3n) is 5.16. The van der Waals surface area contributed by atoms with Gasteiger partial charge in [0.25, 0.3) is 0 Å². The number of hydrogen-bond donors (Lipinski definition) is 1. The van der Waals surface area contributed by atoms with Crippen molar-refractivity contribution in [3.05, 3.63) is 0 Å². The second-order valence-electron chi connectivity index (χ2n) is 6.78. The van der Waals surface area contributed by atoms with E-state index >= 15 is 0 Å². The van der Waals surface area contributed by atoms with Crippen LogP contribution < -0.4 is 5.32 Å². The SMILES string of the molecule is CC[C@@H]1CN(CC(=O)NC2(C#N)CCCC2)CCN1CCOC. The third kappa shape index (κ3) is 4.90. The fourth-order valence-corrected chi connectivity index (χ4v) is 3.74. The maximum atomic E-state index is 12.3. The molecule has 2 fully saturated rings. The zero-order valence-electron chi connectivity index (χ0n) is 14.5. The van der Waals surface area contributed by atoms with E-state index in [0.29, 0.717) is 12.6 Å². The highest BCUT2D eigenvalue weighted by Crippen LogP contribution is 2.28. The quantitative estimate of drug-likeness (QED) is 0.757. The largest absolute Gasteiger partial charge is 0.383 e. The molecule has 23 heavy (non-hydrogen) atoms. The molecule has 1 saturated carbocycles. The molecule has 2 rings (SSSR count). The molecule has 0 aromatic carbocycles. The molecule has 0 aromatic rings. The molecule has 6 heteroatoms. The van der Waals surface area contributed by atoms with Gasteiger partial charge in [-0.15, -0.1) is 0 Å². The van der Waals surface area contributed by atoms with Crippen molar-refractivity contribution in [2.45, 2.75) is 50.6 Å². The van der Waals surface area contributed by atoms with Gasteiger partial charge >= 0.3 is 0 Å². The lowest BCUT2D eigenvalue weighted by Gasteiger charge is -2.41. The zero-order valence-corrected chi connectivity index (χ0v) is 14.5. The van der Waals surface area contributed by atoms with Crippen molar-refractivity contribution < 1.29 is 9.53 Å². The molecule has 1 aliphatic carbocycles. The minimum Gasteiger partial charge on any atom is -0.383 e. The first kappa shape index (κ1) is 18.2. The smallest absolute Gasteiger partial charge is 0.235 e. The predicted molar refractivity (Wildman–Crippen MR) is 88.9 cm³/mol. The van der Waals surface area contributed by atoms with Gasteiger partial charge in [0.2, 0.25) is 5.91 Å². The monoisotopic (exact) mass is 322 g/mol. The van der Waals surface area contributed by atoms with E-state index in [1.165, 1.54) is 0 Å². The van der Waals surface area contributed by atoms with Crippen molar-refractivity contribution in [1.82, 2.24) is 15.1 Å². The van der Waals surface area contributed by atoms with Gasteiger partial charge in [-0.2, -0.15) is 5.26 Å². The van der Waals surface area contributed by atoms with E-state index in [-0.39, 0.29) is 5.91 Å². The molecule has 1 aliphatic heterocycles. The van der Waals surface area contributed by atoms with Gasteiger partial charge in [-0.3, -0.25) is 14.6 Å². The van der Waals surface area contributed by atoms with Crippen molar-refractivity contribution in [1.29, 1.82) is 5.26 Å². The number of carbonyl (C=O) groups excluding carboxylic acids is 1. The first-order chi connectivity index (χ1) is 11.1. The molecule has 0 bridgehead atoms. The van der Waals surface area contributed by atoms with Crippen LogP contribution in [0.25, 0.3) is 0 Å². The van der Waals surface area contributed by atoms with Gasteiger partial charge in [0.05, 0.1) is 19.2 Å². The molecule has 1 amide bonds. The summed E-state index contributed by atoms with van der Waals surface area (Å²) in [4.78, 5) is 17.0. The highest BCUT2D eigenvalue weighted by molar-refractivity contribution is 5.79. The molecular weight excluding hydrogens is 292 g/mol. The maximum Gasteiger partial charge on any atom is 0.235 e. The van der Waals surface area contributed by atoms with Crippen LogP contribution in [0.1, 0.15) is 39.0 Å². The van der Waals surface area contributed by atoms with Crippen LogP contribution in [0.4, 0.5) is 0 Å². The van der Waals surface area contributed by atoms with Gasteiger partial charge in [-0.25, -0.2) is 0 Å². The molecule has 2 aliphatic rings. The lowest BCUT2D eigenvalue weighted by molar-refractivity contribution is -0.124. The molecule has 0 radical (unpaired) electrons. The maximum absolute atomic E-state index is 12.3. The summed E-state index contributed by atoms with van der Waals surface area (Å²) in [6.07, 6.45) is 4.72. The minimum atomic E-state index is -0.610. The Hall–Kier alpha value is -1.16. The number of ether oxygens (including phenoxy) is 1. The first-order valence-corrected chi connectivity index (χ1v) is 8.80. The summed E-state index contributed by atoms with van der Waals surface area (Å²) < 4.78 is 5.18. The molecule has 1 atom stereocenters. The number of rotatable bonds is 7. The molecular formula is C17H30N4O2. The topological polar surface area (TPSA) is 68.6 Å². The van der Waals surface area contributed by atoms with E-state index in [0.717, 1.165) is 64.9 Å². The van der Waals surface area contributed by atoms with Gasteiger partial charge in [-0.1, -0.05) is 6.92 Å². The summed E-state index contributed by atoms with van der Waals surface area (Å²) in [7, 11) is 1.73. The number of carbonyl (C=O) groups is 1. The number of nitrogens with one attached hydrogen (secondary N) is 1. The Kier molecular flexibility index (Phi) is 6.82. The Balaban J connectivity index is 1.82. The van der Waals surface area contributed by atoms with Crippen molar-refractivity contribution in [2.24, 2.45) is 0 Å². The number of amides is 1. The Bertz CT molecular complexity index is 429. The molecule has 1 saturated heterocycles. The average molecular weight is 322 g/mol. The second-order valence-corrected chi connectivity index (χ2v) is 6.78. The van der Waals surface area contributed by atoms with Gasteiger partial charge in [0, 0.05) is 39.3 Å². The number of nitriles is 1. The molecule has 0 spiro atoms. The van der Waals surface area contributed by atoms with E-state index in [9.17, 15) is 10.1 Å². The van der Waals surface area contributed by atoms with Crippen LogP contribution in [0.5, 0.6) is 0 Å². The van der Waals surface area contributed by atoms with E-state index in [4.69, 9.17) is 4.74 Å². The first-order valence-electron chi connectivity index (χ1n) is 8.80. The zero-order chi connectivity index (χ0) is 16.7. The lowest BCUT2D eigenvalue weighted by atomic mass is 10.00. The predicted octanol–water partition coefficient (Wildman–Crippen LogP) is 0.982. The van der Waals surface area contributed by atoms with Crippen LogP contribution in [-0.2, 0) is 9.53 Å². The summed E-state index contributed by atoms with van der Waals surface area (Å²) in [5.74, 6) is -0.00588. The average Bonchev–Trinajstić information content (AvgIpc) is 3.02. The molecule has 6 nitrogen and oxygen atoms in total. The summed E-state index contributed by atoms with van der Waals surface area (Å²) >= 11 is 0.